The molecule has 0 amide bonds. The van der Waals surface area contributed by atoms with Crippen molar-refractivity contribution in [2.45, 2.75) is 96.6 Å². The Kier molecular flexibility index (Phi) is 9.58. The first-order valence-corrected chi connectivity index (χ1v) is 12.3. The molecule has 2 nitrogen and oxygen atoms in total. The maximum absolute atomic E-state index is 3.72. The maximum Gasteiger partial charge on any atom is 0.0973 e. The normalized spacial score (nSPS) is 21.2. The molecule has 2 unspecified atom stereocenters. The molecular formula is C27H42N2. The largest absolute Gasteiger partial charge is 0.302 e. The van der Waals surface area contributed by atoms with Crippen molar-refractivity contribution < 1.29 is 0 Å². The number of hydrogen-bond donors (Lipinski definition) is 0. The monoisotopic (exact) mass is 394 g/mol. The van der Waals surface area contributed by atoms with Gasteiger partial charge in [-0.2, -0.15) is 0 Å². The van der Waals surface area contributed by atoms with Crippen molar-refractivity contribution in [2.24, 2.45) is 0 Å². The third-order valence-electron chi connectivity index (χ3n) is 6.67. The summed E-state index contributed by atoms with van der Waals surface area (Å²) in [7, 11) is 0. The Labute approximate surface area is 180 Å². The lowest BCUT2D eigenvalue weighted by Gasteiger charge is -2.33. The molecule has 2 fully saturated rings. The van der Waals surface area contributed by atoms with Gasteiger partial charge in [-0.25, -0.2) is 0 Å². The van der Waals surface area contributed by atoms with E-state index in [4.69, 9.17) is 0 Å². The number of rotatable bonds is 10. The van der Waals surface area contributed by atoms with Gasteiger partial charge in [0.25, 0.3) is 0 Å². The Hall–Kier alpha value is -1.30. The molecule has 0 radical (unpaired) electrons. The van der Waals surface area contributed by atoms with Crippen LogP contribution >= 0.6 is 0 Å². The molecule has 0 aromatic heterocycles. The second kappa shape index (κ2) is 12.4. The van der Waals surface area contributed by atoms with E-state index in [0.717, 1.165) is 6.42 Å². The number of nitrogens with zero attached hydrogens (tertiary/aromatic N) is 2. The second-order valence-corrected chi connectivity index (χ2v) is 9.20. The predicted octanol–water partition coefficient (Wildman–Crippen LogP) is 6.35. The molecule has 2 aliphatic heterocycles. The molecule has 29 heavy (non-hydrogen) atoms. The smallest absolute Gasteiger partial charge is 0.0973 e. The number of aryl methyl sites for hydroxylation is 1. The zero-order valence-electron chi connectivity index (χ0n) is 19.0. The molecule has 2 saturated heterocycles. The van der Waals surface area contributed by atoms with Gasteiger partial charge in [-0.1, -0.05) is 74.8 Å². The summed E-state index contributed by atoms with van der Waals surface area (Å²) in [5.74, 6) is 7.30. The maximum atomic E-state index is 3.72. The van der Waals surface area contributed by atoms with Gasteiger partial charge in [0.15, 0.2) is 0 Å². The first-order chi connectivity index (χ1) is 14.3. The zero-order chi connectivity index (χ0) is 20.3. The zero-order valence-corrected chi connectivity index (χ0v) is 19.0. The fraction of sp³-hybridized carbons (Fsp3) is 0.704. The second-order valence-electron chi connectivity index (χ2n) is 9.20. The highest BCUT2D eigenvalue weighted by Gasteiger charge is 2.32. The van der Waals surface area contributed by atoms with Crippen LogP contribution in [0.5, 0.6) is 0 Å². The number of likely N-dealkylation sites (tertiary alicyclic amines) is 2. The van der Waals surface area contributed by atoms with Crippen LogP contribution in [0, 0.1) is 18.8 Å². The first-order valence-electron chi connectivity index (χ1n) is 12.3. The van der Waals surface area contributed by atoms with Crippen molar-refractivity contribution in [1.29, 1.82) is 0 Å². The van der Waals surface area contributed by atoms with Gasteiger partial charge in [0.2, 0.25) is 0 Å². The van der Waals surface area contributed by atoms with E-state index in [1.807, 2.05) is 0 Å². The van der Waals surface area contributed by atoms with Crippen molar-refractivity contribution in [3.8, 4) is 11.8 Å². The summed E-state index contributed by atoms with van der Waals surface area (Å²) in [4.78, 5) is 5.40. The van der Waals surface area contributed by atoms with E-state index in [1.54, 1.807) is 0 Å². The van der Waals surface area contributed by atoms with E-state index in [0.29, 0.717) is 6.04 Å². The molecule has 3 rings (SSSR count). The van der Waals surface area contributed by atoms with Gasteiger partial charge < -0.3 is 4.90 Å². The molecule has 2 heteroatoms. The molecule has 0 spiro atoms. The van der Waals surface area contributed by atoms with Crippen LogP contribution in [0.25, 0.3) is 0 Å². The van der Waals surface area contributed by atoms with Crippen LogP contribution in [0.15, 0.2) is 24.3 Å². The van der Waals surface area contributed by atoms with Gasteiger partial charge in [-0.15, -0.1) is 5.92 Å². The van der Waals surface area contributed by atoms with Gasteiger partial charge >= 0.3 is 0 Å². The summed E-state index contributed by atoms with van der Waals surface area (Å²) in [6.45, 7) is 9.51. The average molecular weight is 395 g/mol. The minimum Gasteiger partial charge on any atom is -0.302 e. The molecule has 2 heterocycles. The lowest BCUT2D eigenvalue weighted by Crippen LogP contribution is -2.41. The molecule has 0 N–H and O–H groups in total. The molecule has 2 atom stereocenters. The minimum absolute atomic E-state index is 0.269. The van der Waals surface area contributed by atoms with E-state index < -0.39 is 0 Å². The van der Waals surface area contributed by atoms with Crippen molar-refractivity contribution >= 4 is 0 Å². The number of unbranched alkanes of at least 4 members (excludes halogenated alkanes) is 6. The third-order valence-corrected chi connectivity index (χ3v) is 6.67. The summed E-state index contributed by atoms with van der Waals surface area (Å²) >= 11 is 0. The molecular weight excluding hydrogens is 352 g/mol. The van der Waals surface area contributed by atoms with Gasteiger partial charge in [0.05, 0.1) is 6.04 Å². The summed E-state index contributed by atoms with van der Waals surface area (Å²) in [6.07, 6.45) is 14.5. The Morgan fingerprint density at radius 3 is 2.59 bits per heavy atom. The molecule has 2 aliphatic rings. The average Bonchev–Trinajstić information content (AvgIpc) is 3.40. The summed E-state index contributed by atoms with van der Waals surface area (Å²) < 4.78 is 0. The van der Waals surface area contributed by atoms with Crippen LogP contribution in [0.1, 0.15) is 94.7 Å². The van der Waals surface area contributed by atoms with E-state index >= 15 is 0 Å². The highest BCUT2D eigenvalue weighted by atomic mass is 15.3. The molecule has 0 saturated carbocycles. The molecule has 1 aromatic rings. The van der Waals surface area contributed by atoms with E-state index in [2.05, 4.69) is 59.8 Å². The third kappa shape index (κ3) is 7.16. The van der Waals surface area contributed by atoms with E-state index in [1.165, 1.54) is 102 Å². The van der Waals surface area contributed by atoms with Crippen molar-refractivity contribution in [2.75, 3.05) is 26.2 Å². The van der Waals surface area contributed by atoms with Crippen LogP contribution in [-0.4, -0.2) is 42.0 Å². The molecule has 1 aromatic carbocycles. The van der Waals surface area contributed by atoms with Crippen molar-refractivity contribution in [3.05, 3.63) is 35.4 Å². The van der Waals surface area contributed by atoms with Gasteiger partial charge in [0.1, 0.15) is 0 Å². The van der Waals surface area contributed by atoms with Crippen LogP contribution in [-0.2, 0) is 0 Å². The summed E-state index contributed by atoms with van der Waals surface area (Å²) in [5, 5.41) is 0. The van der Waals surface area contributed by atoms with Crippen molar-refractivity contribution in [1.82, 2.24) is 9.80 Å². The van der Waals surface area contributed by atoms with Gasteiger partial charge in [0, 0.05) is 25.6 Å². The predicted molar refractivity (Wildman–Crippen MR) is 125 cm³/mol. The summed E-state index contributed by atoms with van der Waals surface area (Å²) in [5.41, 5.74) is 2.74. The van der Waals surface area contributed by atoms with Gasteiger partial charge in [-0.3, -0.25) is 4.90 Å². The standard InChI is InChI=1S/C27H42N2/c1-3-4-5-6-7-8-9-10-18-27(25-16-13-15-24(2)22-25)29-21-14-17-26(29)23-28-19-11-12-20-28/h13,15-16,22,26-27H,3-9,11-12,14,17,19-21,23H2,1-2H3. The first kappa shape index (κ1) is 22.4. The van der Waals surface area contributed by atoms with Crippen LogP contribution in [0.4, 0.5) is 0 Å². The lowest BCUT2D eigenvalue weighted by atomic mass is 10.0. The highest BCUT2D eigenvalue weighted by Crippen LogP contribution is 2.30. The topological polar surface area (TPSA) is 6.48 Å². The fourth-order valence-electron chi connectivity index (χ4n) is 5.02. The Balaban J connectivity index is 1.63. The van der Waals surface area contributed by atoms with Crippen LogP contribution in [0.2, 0.25) is 0 Å². The van der Waals surface area contributed by atoms with Crippen molar-refractivity contribution in [3.63, 3.8) is 0 Å². The number of hydrogen-bond acceptors (Lipinski definition) is 2. The van der Waals surface area contributed by atoms with Crippen LogP contribution < -0.4 is 0 Å². The Bertz CT molecular complexity index is 650. The number of benzene rings is 1. The molecule has 160 valence electrons. The quantitative estimate of drug-likeness (QED) is 0.337. The van der Waals surface area contributed by atoms with E-state index in [9.17, 15) is 0 Å². The lowest BCUT2D eigenvalue weighted by molar-refractivity contribution is 0.168. The van der Waals surface area contributed by atoms with Crippen LogP contribution in [0.3, 0.4) is 0 Å². The molecule has 0 bridgehead atoms. The fourth-order valence-corrected chi connectivity index (χ4v) is 5.02. The van der Waals surface area contributed by atoms with Gasteiger partial charge in [-0.05, 0) is 57.7 Å². The Morgan fingerprint density at radius 2 is 1.79 bits per heavy atom. The summed E-state index contributed by atoms with van der Waals surface area (Å²) in [6, 6.07) is 10.00. The molecule has 0 aliphatic carbocycles. The highest BCUT2D eigenvalue weighted by molar-refractivity contribution is 5.31. The Morgan fingerprint density at radius 1 is 1.00 bits per heavy atom. The van der Waals surface area contributed by atoms with E-state index in [-0.39, 0.29) is 6.04 Å². The minimum atomic E-state index is 0.269. The SMILES string of the molecule is CCCCCCCCC#CC(c1cccc(C)c1)N1CCCC1CN1CCCC1.